The monoisotopic (exact) mass is 631 g/mol. The van der Waals surface area contributed by atoms with Crippen LogP contribution in [0.25, 0.3) is 11.1 Å². The normalized spacial score (nSPS) is 15.3. The van der Waals surface area contributed by atoms with Gasteiger partial charge in [-0.3, -0.25) is 0 Å². The molecule has 5 rings (SSSR count). The lowest BCUT2D eigenvalue weighted by Crippen LogP contribution is -2.31. The first kappa shape index (κ1) is 27.2. The van der Waals surface area contributed by atoms with Crippen molar-refractivity contribution < 1.29 is 4.74 Å². The Morgan fingerprint density at radius 2 is 1.05 bits per heavy atom. The number of hydrogen-bond donors (Lipinski definition) is 0. The zero-order chi connectivity index (χ0) is 26.9. The maximum absolute atomic E-state index is 6.98. The van der Waals surface area contributed by atoms with E-state index in [1.807, 2.05) is 0 Å². The molecule has 1 heterocycles. The molecule has 1 aliphatic heterocycles. The van der Waals surface area contributed by atoms with E-state index < -0.39 is 0 Å². The van der Waals surface area contributed by atoms with Gasteiger partial charge in [-0.2, -0.15) is 0 Å². The van der Waals surface area contributed by atoms with Crippen LogP contribution < -0.4 is 4.90 Å². The van der Waals surface area contributed by atoms with E-state index >= 15 is 0 Å². The Bertz CT molecular complexity index is 1360. The minimum Gasteiger partial charge on any atom is -0.359 e. The summed E-state index contributed by atoms with van der Waals surface area (Å²) in [7, 11) is 0. The molecule has 4 aromatic rings. The fourth-order valence-electron chi connectivity index (χ4n) is 5.98. The van der Waals surface area contributed by atoms with Gasteiger partial charge in [-0.15, -0.1) is 0 Å². The van der Waals surface area contributed by atoms with Crippen molar-refractivity contribution >= 4 is 48.9 Å². The summed E-state index contributed by atoms with van der Waals surface area (Å²) in [6.07, 6.45) is 3.93. The molecule has 0 unspecified atom stereocenters. The molecule has 0 radical (unpaired) electrons. The summed E-state index contributed by atoms with van der Waals surface area (Å²) in [6.45, 7) is 9.03. The molecule has 1 aliphatic rings. The summed E-state index contributed by atoms with van der Waals surface area (Å²) in [6, 6.07) is 32.8. The lowest BCUT2D eigenvalue weighted by molar-refractivity contribution is -0.151. The minimum atomic E-state index is -0.226. The lowest BCUT2D eigenvalue weighted by atomic mass is 9.81. The van der Waals surface area contributed by atoms with Crippen LogP contribution in [0, 0.1) is 0 Å². The molecule has 0 fully saturated rings. The van der Waals surface area contributed by atoms with Gasteiger partial charge in [0.1, 0.15) is 0 Å². The lowest BCUT2D eigenvalue weighted by Gasteiger charge is -2.34. The van der Waals surface area contributed by atoms with Gasteiger partial charge in [0.15, 0.2) is 0 Å². The smallest absolute Gasteiger partial charge is 0.0942 e. The van der Waals surface area contributed by atoms with Crippen LogP contribution in [0.4, 0.5) is 17.1 Å². The summed E-state index contributed by atoms with van der Waals surface area (Å²) >= 11 is 7.17. The van der Waals surface area contributed by atoms with E-state index in [9.17, 15) is 0 Å². The van der Waals surface area contributed by atoms with E-state index in [0.29, 0.717) is 0 Å². The van der Waals surface area contributed by atoms with Crippen molar-refractivity contribution in [2.75, 3.05) is 4.90 Å². The highest BCUT2D eigenvalue weighted by atomic mass is 79.9. The van der Waals surface area contributed by atoms with E-state index in [0.717, 1.165) is 51.7 Å². The van der Waals surface area contributed by atoms with Gasteiger partial charge in [-0.1, -0.05) is 83.8 Å². The molecule has 196 valence electrons. The predicted octanol–water partition coefficient (Wildman–Crippen LogP) is 11.4. The molecule has 4 heteroatoms. The van der Waals surface area contributed by atoms with E-state index in [1.54, 1.807) is 0 Å². The topological polar surface area (TPSA) is 12.5 Å². The number of anilines is 3. The van der Waals surface area contributed by atoms with Gasteiger partial charge in [0.2, 0.25) is 0 Å². The molecule has 0 aliphatic carbocycles. The highest BCUT2D eigenvalue weighted by Crippen LogP contribution is 2.54. The Morgan fingerprint density at radius 3 is 1.58 bits per heavy atom. The van der Waals surface area contributed by atoms with Crippen LogP contribution in [-0.2, 0) is 15.9 Å². The van der Waals surface area contributed by atoms with Crippen molar-refractivity contribution in [1.29, 1.82) is 0 Å². The maximum Gasteiger partial charge on any atom is 0.0942 e. The van der Waals surface area contributed by atoms with Crippen LogP contribution in [0.15, 0.2) is 99.9 Å². The SMILES string of the molecule is CCC1(CC)OC(CC)(CC)c2cc(-c3cccc(N(c4ccc(Br)cc4)c4ccc(Br)cc4)c3)ccc21. The molecule has 0 bridgehead atoms. The van der Waals surface area contributed by atoms with E-state index in [-0.39, 0.29) is 11.2 Å². The summed E-state index contributed by atoms with van der Waals surface area (Å²) in [5, 5.41) is 0. The maximum atomic E-state index is 6.98. The molecular formula is C34H35Br2NO. The van der Waals surface area contributed by atoms with Crippen molar-refractivity contribution in [1.82, 2.24) is 0 Å². The van der Waals surface area contributed by atoms with Crippen LogP contribution in [-0.4, -0.2) is 0 Å². The molecule has 38 heavy (non-hydrogen) atoms. The Morgan fingerprint density at radius 1 is 0.553 bits per heavy atom. The first-order valence-electron chi connectivity index (χ1n) is 13.7. The summed E-state index contributed by atoms with van der Waals surface area (Å²) in [5.41, 5.74) is 8.11. The van der Waals surface area contributed by atoms with Gasteiger partial charge >= 0.3 is 0 Å². The van der Waals surface area contributed by atoms with Crippen molar-refractivity contribution in [3.8, 4) is 11.1 Å². The van der Waals surface area contributed by atoms with E-state index in [2.05, 4.69) is 155 Å². The van der Waals surface area contributed by atoms with Crippen molar-refractivity contribution in [3.63, 3.8) is 0 Å². The summed E-state index contributed by atoms with van der Waals surface area (Å²) in [5.74, 6) is 0. The molecule has 2 nitrogen and oxygen atoms in total. The van der Waals surface area contributed by atoms with Gasteiger partial charge in [0.25, 0.3) is 0 Å². The Balaban J connectivity index is 1.62. The largest absolute Gasteiger partial charge is 0.359 e. The second kappa shape index (κ2) is 11.0. The second-order valence-corrected chi connectivity index (χ2v) is 11.9. The first-order chi connectivity index (χ1) is 18.4. The third-order valence-electron chi connectivity index (χ3n) is 8.28. The molecule has 0 spiro atoms. The number of ether oxygens (including phenoxy) is 1. The molecule has 0 amide bonds. The van der Waals surface area contributed by atoms with Crippen LogP contribution in [0.5, 0.6) is 0 Å². The fourth-order valence-corrected chi connectivity index (χ4v) is 6.51. The third kappa shape index (κ3) is 4.76. The van der Waals surface area contributed by atoms with Crippen molar-refractivity contribution in [3.05, 3.63) is 111 Å². The molecular weight excluding hydrogens is 598 g/mol. The van der Waals surface area contributed by atoms with Crippen LogP contribution in [0.2, 0.25) is 0 Å². The Hall–Kier alpha value is -2.40. The molecule has 4 aromatic carbocycles. The zero-order valence-corrected chi connectivity index (χ0v) is 25.8. The zero-order valence-electron chi connectivity index (χ0n) is 22.6. The third-order valence-corrected chi connectivity index (χ3v) is 9.34. The number of halogens is 2. The van der Waals surface area contributed by atoms with E-state index in [1.165, 1.54) is 22.3 Å². The predicted molar refractivity (Wildman–Crippen MR) is 168 cm³/mol. The molecule has 0 N–H and O–H groups in total. The number of rotatable bonds is 8. The quantitative estimate of drug-likeness (QED) is 0.191. The van der Waals surface area contributed by atoms with Gasteiger partial charge in [0.05, 0.1) is 11.2 Å². The number of fused-ring (bicyclic) bond motifs is 1. The fraction of sp³-hybridized carbons (Fsp3) is 0.294. The average Bonchev–Trinajstić information content (AvgIpc) is 3.25. The summed E-state index contributed by atoms with van der Waals surface area (Å²) in [4.78, 5) is 2.31. The van der Waals surface area contributed by atoms with Gasteiger partial charge in [-0.05, 0) is 115 Å². The summed E-state index contributed by atoms with van der Waals surface area (Å²) < 4.78 is 9.11. The molecule has 0 atom stereocenters. The molecule has 0 saturated carbocycles. The van der Waals surface area contributed by atoms with E-state index in [4.69, 9.17) is 4.74 Å². The highest BCUT2D eigenvalue weighted by molar-refractivity contribution is 9.10. The molecule has 0 saturated heterocycles. The first-order valence-corrected chi connectivity index (χ1v) is 15.2. The number of hydrogen-bond acceptors (Lipinski definition) is 2. The minimum absolute atomic E-state index is 0.193. The van der Waals surface area contributed by atoms with Crippen molar-refractivity contribution in [2.24, 2.45) is 0 Å². The van der Waals surface area contributed by atoms with Gasteiger partial charge in [-0.25, -0.2) is 0 Å². The molecule has 0 aromatic heterocycles. The van der Waals surface area contributed by atoms with Crippen LogP contribution in [0.3, 0.4) is 0 Å². The van der Waals surface area contributed by atoms with Crippen LogP contribution >= 0.6 is 31.9 Å². The average molecular weight is 633 g/mol. The Labute approximate surface area is 244 Å². The standard InChI is InChI=1S/C34H35Br2NO/c1-5-33(6-2)31-21-12-25(23-32(31)34(7-3,8-4)38-33)24-10-9-11-30(22-24)37(28-17-13-26(35)14-18-28)29-19-15-27(36)16-20-29/h9-23H,5-8H2,1-4H3. The van der Waals surface area contributed by atoms with Gasteiger partial charge < -0.3 is 9.64 Å². The Kier molecular flexibility index (Phi) is 7.86. The van der Waals surface area contributed by atoms with Crippen LogP contribution in [0.1, 0.15) is 64.5 Å². The van der Waals surface area contributed by atoms with Gasteiger partial charge in [0, 0.05) is 26.0 Å². The highest BCUT2D eigenvalue weighted by Gasteiger charge is 2.49. The number of benzene rings is 4. The van der Waals surface area contributed by atoms with Crippen molar-refractivity contribution in [2.45, 2.75) is 64.6 Å². The second-order valence-electron chi connectivity index (χ2n) is 10.1. The number of nitrogens with zero attached hydrogens (tertiary/aromatic N) is 1.